The number of hydrogen-bond acceptors (Lipinski definition) is 6. The van der Waals surface area contributed by atoms with E-state index in [4.69, 9.17) is 32.7 Å². The lowest BCUT2D eigenvalue weighted by molar-refractivity contribution is -0.123. The normalized spacial score (nSPS) is 28.2. The first-order valence-electron chi connectivity index (χ1n) is 11.8. The highest BCUT2D eigenvalue weighted by Crippen LogP contribution is 2.59. The van der Waals surface area contributed by atoms with Gasteiger partial charge in [0.15, 0.2) is 6.61 Å². The van der Waals surface area contributed by atoms with E-state index in [1.54, 1.807) is 36.4 Å². The number of carbonyl (C=O) groups is 4. The van der Waals surface area contributed by atoms with Crippen LogP contribution in [0, 0.1) is 23.7 Å². The largest absolute Gasteiger partial charge is 0.494 e. The van der Waals surface area contributed by atoms with Crippen molar-refractivity contribution in [2.45, 2.75) is 24.1 Å². The van der Waals surface area contributed by atoms with Crippen molar-refractivity contribution in [3.05, 3.63) is 54.1 Å². The van der Waals surface area contributed by atoms with Crippen LogP contribution < -0.4 is 15.0 Å². The first kappa shape index (κ1) is 24.6. The molecule has 1 aliphatic heterocycles. The standard InChI is InChI=1S/C26H24Cl2N2O6/c1-2-35-16-8-6-14(7-9-16)29-19(31)12-36-26(34)13-4-3-5-15(10-13)30-24(32)20-17-11-18(21(20)25(30)33)23(28)22(17)27/h3-10,17-18,20-23H,2,11-12H2,1H3,(H,29,31)/t17-,18-,20-,21+,22+,23+/m1/s1. The monoisotopic (exact) mass is 530 g/mol. The van der Waals surface area contributed by atoms with Crippen LogP contribution >= 0.6 is 23.2 Å². The van der Waals surface area contributed by atoms with E-state index in [-0.39, 0.29) is 45.7 Å². The van der Waals surface area contributed by atoms with E-state index >= 15 is 0 Å². The summed E-state index contributed by atoms with van der Waals surface area (Å²) in [7, 11) is 0. The Bertz CT molecular complexity index is 1190. The molecule has 1 heterocycles. The van der Waals surface area contributed by atoms with Crippen molar-refractivity contribution in [1.29, 1.82) is 0 Å². The summed E-state index contributed by atoms with van der Waals surface area (Å²) in [4.78, 5) is 52.3. The summed E-state index contributed by atoms with van der Waals surface area (Å²) < 4.78 is 10.5. The predicted molar refractivity (Wildman–Crippen MR) is 133 cm³/mol. The Morgan fingerprint density at radius 1 is 1.00 bits per heavy atom. The molecule has 5 rings (SSSR count). The van der Waals surface area contributed by atoms with Crippen LogP contribution in [0.2, 0.25) is 0 Å². The molecule has 2 aromatic rings. The number of amides is 3. The highest BCUT2D eigenvalue weighted by Gasteiger charge is 2.66. The minimum absolute atomic E-state index is 0.118. The Morgan fingerprint density at radius 2 is 1.64 bits per heavy atom. The molecule has 2 bridgehead atoms. The summed E-state index contributed by atoms with van der Waals surface area (Å²) in [6, 6.07) is 12.9. The second kappa shape index (κ2) is 9.75. The molecular formula is C26H24Cl2N2O6. The van der Waals surface area contributed by atoms with Crippen LogP contribution in [0.15, 0.2) is 48.5 Å². The maximum Gasteiger partial charge on any atom is 0.338 e. The van der Waals surface area contributed by atoms with E-state index in [1.165, 1.54) is 12.1 Å². The third-order valence-corrected chi connectivity index (χ3v) is 8.43. The molecule has 3 fully saturated rings. The minimum Gasteiger partial charge on any atom is -0.494 e. The van der Waals surface area contributed by atoms with E-state index in [0.717, 1.165) is 4.90 Å². The number of fused-ring (bicyclic) bond motifs is 5. The zero-order valence-corrected chi connectivity index (χ0v) is 20.9. The van der Waals surface area contributed by atoms with Crippen molar-refractivity contribution >= 4 is 58.3 Å². The molecule has 3 amide bonds. The number of alkyl halides is 2. The Labute approximate surface area is 217 Å². The van der Waals surface area contributed by atoms with Crippen LogP contribution in [0.3, 0.4) is 0 Å². The minimum atomic E-state index is -0.750. The summed E-state index contributed by atoms with van der Waals surface area (Å²) >= 11 is 12.8. The first-order valence-corrected chi connectivity index (χ1v) is 12.6. The zero-order chi connectivity index (χ0) is 25.6. The number of ether oxygens (including phenoxy) is 2. The number of carbonyl (C=O) groups excluding carboxylic acids is 4. The number of anilines is 2. The topological polar surface area (TPSA) is 102 Å². The van der Waals surface area contributed by atoms with Crippen molar-refractivity contribution in [1.82, 2.24) is 0 Å². The van der Waals surface area contributed by atoms with Crippen LogP contribution in [0.4, 0.5) is 11.4 Å². The number of hydrogen-bond donors (Lipinski definition) is 1. The zero-order valence-electron chi connectivity index (χ0n) is 19.4. The second-order valence-corrected chi connectivity index (χ2v) is 10.2. The quantitative estimate of drug-likeness (QED) is 0.331. The van der Waals surface area contributed by atoms with Gasteiger partial charge < -0.3 is 14.8 Å². The van der Waals surface area contributed by atoms with Crippen molar-refractivity contribution < 1.29 is 28.7 Å². The number of halogens is 2. The van der Waals surface area contributed by atoms with E-state index in [9.17, 15) is 19.2 Å². The fraction of sp³-hybridized carbons (Fsp3) is 0.385. The predicted octanol–water partition coefficient (Wildman–Crippen LogP) is 3.85. The van der Waals surface area contributed by atoms with Gasteiger partial charge in [-0.25, -0.2) is 4.79 Å². The van der Waals surface area contributed by atoms with Gasteiger partial charge in [-0.05, 0) is 67.6 Å². The molecule has 3 aliphatic rings. The maximum atomic E-state index is 13.2. The second-order valence-electron chi connectivity index (χ2n) is 9.15. The van der Waals surface area contributed by atoms with Gasteiger partial charge in [0.05, 0.1) is 40.4 Å². The molecule has 6 atom stereocenters. The van der Waals surface area contributed by atoms with Gasteiger partial charge in [-0.2, -0.15) is 0 Å². The van der Waals surface area contributed by atoms with Crippen LogP contribution in [-0.4, -0.2) is 47.7 Å². The molecule has 188 valence electrons. The number of nitrogens with one attached hydrogen (secondary N) is 1. The van der Waals surface area contributed by atoms with Gasteiger partial charge >= 0.3 is 5.97 Å². The molecular weight excluding hydrogens is 507 g/mol. The lowest BCUT2D eigenvalue weighted by atomic mass is 9.80. The average Bonchev–Trinajstić information content (AvgIpc) is 3.48. The van der Waals surface area contributed by atoms with Crippen LogP contribution in [0.1, 0.15) is 23.7 Å². The molecule has 0 aromatic heterocycles. The number of imide groups is 1. The third-order valence-electron chi connectivity index (χ3n) is 7.11. The van der Waals surface area contributed by atoms with E-state index in [0.29, 0.717) is 24.5 Å². The molecule has 1 saturated heterocycles. The van der Waals surface area contributed by atoms with Crippen molar-refractivity contribution in [2.75, 3.05) is 23.4 Å². The molecule has 36 heavy (non-hydrogen) atoms. The van der Waals surface area contributed by atoms with Crippen molar-refractivity contribution in [2.24, 2.45) is 23.7 Å². The Hall–Kier alpha value is -3.10. The highest BCUT2D eigenvalue weighted by atomic mass is 35.5. The van der Waals surface area contributed by atoms with Gasteiger partial charge in [-0.15, -0.1) is 23.2 Å². The van der Waals surface area contributed by atoms with Gasteiger partial charge in [0.25, 0.3) is 5.91 Å². The maximum absolute atomic E-state index is 13.2. The summed E-state index contributed by atoms with van der Waals surface area (Å²) in [6.45, 7) is 1.91. The highest BCUT2D eigenvalue weighted by molar-refractivity contribution is 6.32. The lowest BCUT2D eigenvalue weighted by Crippen LogP contribution is -2.37. The number of nitrogens with zero attached hydrogens (tertiary/aromatic N) is 1. The molecule has 2 aromatic carbocycles. The summed E-state index contributed by atoms with van der Waals surface area (Å²) in [5.74, 6) is -2.44. The van der Waals surface area contributed by atoms with Crippen molar-refractivity contribution in [3.63, 3.8) is 0 Å². The first-order chi connectivity index (χ1) is 17.3. The Kier molecular flexibility index (Phi) is 6.66. The van der Waals surface area contributed by atoms with Gasteiger partial charge in [0, 0.05) is 5.69 Å². The SMILES string of the molecule is CCOc1ccc(NC(=O)COC(=O)c2cccc(N3C(=O)[C@@H]4[C@H]5C[C@@H]([C@H](Cl)[C@H]5Cl)[C@@H]4C3=O)c2)cc1. The van der Waals surface area contributed by atoms with Crippen LogP contribution in [0.5, 0.6) is 5.75 Å². The number of benzene rings is 2. The van der Waals surface area contributed by atoms with Crippen molar-refractivity contribution in [3.8, 4) is 5.75 Å². The van der Waals surface area contributed by atoms with Gasteiger partial charge in [0.2, 0.25) is 11.8 Å². The molecule has 1 N–H and O–H groups in total. The van der Waals surface area contributed by atoms with Crippen LogP contribution in [-0.2, 0) is 19.1 Å². The lowest BCUT2D eigenvalue weighted by Gasteiger charge is -2.28. The van der Waals surface area contributed by atoms with Gasteiger partial charge in [-0.1, -0.05) is 6.07 Å². The molecule has 8 nitrogen and oxygen atoms in total. The molecule has 0 spiro atoms. The van der Waals surface area contributed by atoms with Gasteiger partial charge in [0.1, 0.15) is 5.75 Å². The summed E-state index contributed by atoms with van der Waals surface area (Å²) in [6.07, 6.45) is 0.675. The number of rotatable bonds is 7. The average molecular weight is 531 g/mol. The van der Waals surface area contributed by atoms with E-state index in [2.05, 4.69) is 5.32 Å². The van der Waals surface area contributed by atoms with Crippen LogP contribution in [0.25, 0.3) is 0 Å². The van der Waals surface area contributed by atoms with Gasteiger partial charge in [-0.3, -0.25) is 19.3 Å². The molecule has 10 heteroatoms. The molecule has 2 aliphatic carbocycles. The molecule has 0 radical (unpaired) electrons. The molecule has 0 unspecified atom stereocenters. The number of esters is 1. The summed E-state index contributed by atoms with van der Waals surface area (Å²) in [5, 5.41) is 1.95. The third kappa shape index (κ3) is 4.22. The molecule has 2 saturated carbocycles. The summed E-state index contributed by atoms with van der Waals surface area (Å²) in [5.41, 5.74) is 0.933. The Balaban J connectivity index is 1.22. The fourth-order valence-electron chi connectivity index (χ4n) is 5.59. The fourth-order valence-corrected chi connectivity index (χ4v) is 6.48. The van der Waals surface area contributed by atoms with E-state index in [1.807, 2.05) is 6.92 Å². The van der Waals surface area contributed by atoms with E-state index < -0.39 is 30.3 Å². The Morgan fingerprint density at radius 3 is 2.25 bits per heavy atom. The smallest absolute Gasteiger partial charge is 0.338 e.